The second kappa shape index (κ2) is 11.3. The van der Waals surface area contributed by atoms with Gasteiger partial charge in [-0.3, -0.25) is 0 Å². The Morgan fingerprint density at radius 1 is 0.735 bits per heavy atom. The highest BCUT2D eigenvalue weighted by molar-refractivity contribution is 9.09. The van der Waals surface area contributed by atoms with Gasteiger partial charge in [0.1, 0.15) is 0 Å². The molecule has 0 unspecified atom stereocenters. The van der Waals surface area contributed by atoms with Crippen molar-refractivity contribution >= 4 is 34.6 Å². The number of benzene rings is 3. The van der Waals surface area contributed by atoms with E-state index < -0.39 is 8.32 Å². The second-order valence-corrected chi connectivity index (χ2v) is 16.2. The molecule has 34 heavy (non-hydrogen) atoms. The zero-order chi connectivity index (χ0) is 24.0. The summed E-state index contributed by atoms with van der Waals surface area (Å²) in [4.78, 5) is 0.533. The maximum absolute atomic E-state index is 7.26. The summed E-state index contributed by atoms with van der Waals surface area (Å²) in [6, 6.07) is 32.3. The number of halogens is 1. The molecule has 3 aromatic rings. The maximum Gasteiger partial charge on any atom is 0.261 e. The van der Waals surface area contributed by atoms with Gasteiger partial charge in [-0.05, 0) is 45.7 Å². The molecule has 0 aromatic heterocycles. The van der Waals surface area contributed by atoms with Crippen molar-refractivity contribution in [2.45, 2.75) is 50.1 Å². The maximum atomic E-state index is 7.26. The lowest BCUT2D eigenvalue weighted by atomic mass is 9.98. The summed E-state index contributed by atoms with van der Waals surface area (Å²) in [5.41, 5.74) is 1.23. The van der Waals surface area contributed by atoms with Crippen LogP contribution in [0.1, 0.15) is 39.2 Å². The van der Waals surface area contributed by atoms with Gasteiger partial charge in [-0.2, -0.15) is 0 Å². The lowest BCUT2D eigenvalue weighted by Gasteiger charge is -2.44. The molecule has 0 amide bonds. The largest absolute Gasteiger partial charge is 0.407 e. The molecule has 3 aromatic carbocycles. The van der Waals surface area contributed by atoms with Crippen LogP contribution in [0.2, 0.25) is 5.04 Å². The number of alkyl halides is 1. The number of rotatable bonds is 9. The van der Waals surface area contributed by atoms with E-state index in [0.717, 1.165) is 26.1 Å². The Morgan fingerprint density at radius 3 is 1.71 bits per heavy atom. The summed E-state index contributed by atoms with van der Waals surface area (Å²) >= 11 is 3.91. The number of hydrogen-bond donors (Lipinski definition) is 0. The number of hydrogen-bond acceptors (Lipinski definition) is 2. The van der Waals surface area contributed by atoms with Crippen molar-refractivity contribution in [2.75, 3.05) is 13.2 Å². The summed E-state index contributed by atoms with van der Waals surface area (Å²) in [6.45, 7) is 9.28. The molecule has 0 spiro atoms. The Bertz CT molecular complexity index is 965. The molecule has 1 saturated carbocycles. The van der Waals surface area contributed by atoms with Crippen LogP contribution in [0, 0.1) is 11.8 Å². The zero-order valence-electron chi connectivity index (χ0n) is 20.6. The van der Waals surface area contributed by atoms with E-state index in [4.69, 9.17) is 9.16 Å². The summed E-state index contributed by atoms with van der Waals surface area (Å²) in [6.07, 6.45) is 2.28. The first-order valence-corrected chi connectivity index (χ1v) is 15.2. The third kappa shape index (κ3) is 5.73. The average molecular weight is 538 g/mol. The van der Waals surface area contributed by atoms with Crippen molar-refractivity contribution in [1.29, 1.82) is 0 Å². The molecule has 0 bridgehead atoms. The van der Waals surface area contributed by atoms with Crippen LogP contribution in [0.25, 0.3) is 0 Å². The van der Waals surface area contributed by atoms with Gasteiger partial charge in [-0.25, -0.2) is 0 Å². The third-order valence-electron chi connectivity index (χ3n) is 7.16. The summed E-state index contributed by atoms with van der Waals surface area (Å²) in [5.74, 6) is 0.994. The molecule has 4 heteroatoms. The van der Waals surface area contributed by atoms with Gasteiger partial charge in [0.05, 0.1) is 13.2 Å². The van der Waals surface area contributed by atoms with E-state index in [2.05, 4.69) is 122 Å². The number of ether oxygens (including phenoxy) is 1. The van der Waals surface area contributed by atoms with Crippen molar-refractivity contribution in [3.63, 3.8) is 0 Å². The van der Waals surface area contributed by atoms with E-state index in [-0.39, 0.29) is 5.04 Å². The van der Waals surface area contributed by atoms with Crippen LogP contribution in [0.15, 0.2) is 91.0 Å². The van der Waals surface area contributed by atoms with Crippen LogP contribution >= 0.6 is 15.9 Å². The van der Waals surface area contributed by atoms with Gasteiger partial charge >= 0.3 is 0 Å². The van der Waals surface area contributed by atoms with Gasteiger partial charge in [0.2, 0.25) is 0 Å². The van der Waals surface area contributed by atoms with Gasteiger partial charge in [0.25, 0.3) is 8.32 Å². The highest BCUT2D eigenvalue weighted by atomic mass is 79.9. The quantitative estimate of drug-likeness (QED) is 0.227. The van der Waals surface area contributed by atoms with Crippen LogP contribution < -0.4 is 10.4 Å². The SMILES string of the molecule is CC(C)(C)[Si](OC[C@H]1C[C@@H](Br)C[C@@H]1COCc1ccccc1)(c1ccccc1)c1ccccc1. The Kier molecular flexibility index (Phi) is 8.46. The van der Waals surface area contributed by atoms with Crippen LogP contribution in [0.4, 0.5) is 0 Å². The normalized spacial score (nSPS) is 21.0. The summed E-state index contributed by atoms with van der Waals surface area (Å²) in [5, 5.41) is 2.69. The highest BCUT2D eigenvalue weighted by Gasteiger charge is 2.51. The van der Waals surface area contributed by atoms with Gasteiger partial charge in [-0.1, -0.05) is 128 Å². The molecule has 1 aliphatic rings. The standard InChI is InChI=1S/C30H37BrO2Si/c1-30(2,3)34(28-15-9-5-10-16-28,29-17-11-6-12-18-29)33-23-26-20-27(31)19-25(26)22-32-21-24-13-7-4-8-14-24/h4-18,25-27H,19-23H2,1-3H3/t25-,26-,27+/m1/s1. The van der Waals surface area contributed by atoms with Gasteiger partial charge in [0, 0.05) is 11.4 Å². The summed E-state index contributed by atoms with van der Waals surface area (Å²) < 4.78 is 13.4. The van der Waals surface area contributed by atoms with Crippen LogP contribution in [0.3, 0.4) is 0 Å². The molecule has 1 fully saturated rings. The molecule has 0 aliphatic heterocycles. The van der Waals surface area contributed by atoms with Crippen molar-refractivity contribution in [1.82, 2.24) is 0 Å². The van der Waals surface area contributed by atoms with Crippen LogP contribution in [-0.4, -0.2) is 26.4 Å². The fourth-order valence-corrected chi connectivity index (χ4v) is 11.0. The first kappa shape index (κ1) is 25.4. The minimum Gasteiger partial charge on any atom is -0.407 e. The monoisotopic (exact) mass is 536 g/mol. The van der Waals surface area contributed by atoms with Crippen molar-refractivity contribution in [2.24, 2.45) is 11.8 Å². The van der Waals surface area contributed by atoms with E-state index in [1.807, 2.05) is 6.07 Å². The van der Waals surface area contributed by atoms with E-state index in [1.165, 1.54) is 15.9 Å². The van der Waals surface area contributed by atoms with Crippen molar-refractivity contribution in [3.05, 3.63) is 96.6 Å². The lowest BCUT2D eigenvalue weighted by molar-refractivity contribution is 0.0628. The molecule has 0 N–H and O–H groups in total. The molecule has 4 rings (SSSR count). The highest BCUT2D eigenvalue weighted by Crippen LogP contribution is 2.41. The predicted octanol–water partition coefficient (Wildman–Crippen LogP) is 6.57. The van der Waals surface area contributed by atoms with Crippen LogP contribution in [-0.2, 0) is 15.8 Å². The zero-order valence-corrected chi connectivity index (χ0v) is 23.2. The predicted molar refractivity (Wildman–Crippen MR) is 149 cm³/mol. The van der Waals surface area contributed by atoms with Crippen molar-refractivity contribution in [3.8, 4) is 0 Å². The van der Waals surface area contributed by atoms with Crippen molar-refractivity contribution < 1.29 is 9.16 Å². The topological polar surface area (TPSA) is 18.5 Å². The molecule has 0 heterocycles. The molecule has 180 valence electrons. The molecule has 1 aliphatic carbocycles. The Labute approximate surface area is 215 Å². The van der Waals surface area contributed by atoms with E-state index in [0.29, 0.717) is 23.3 Å². The van der Waals surface area contributed by atoms with E-state index >= 15 is 0 Å². The Balaban J connectivity index is 1.54. The second-order valence-electron chi connectivity index (χ2n) is 10.6. The first-order valence-electron chi connectivity index (χ1n) is 12.4. The minimum absolute atomic E-state index is 0.00141. The molecular weight excluding hydrogens is 500 g/mol. The van der Waals surface area contributed by atoms with Gasteiger partial charge < -0.3 is 9.16 Å². The molecule has 3 atom stereocenters. The minimum atomic E-state index is -2.51. The molecule has 0 radical (unpaired) electrons. The fraction of sp³-hybridized carbons (Fsp3) is 0.400. The van der Waals surface area contributed by atoms with Gasteiger partial charge in [0.15, 0.2) is 0 Å². The molecule has 0 saturated heterocycles. The Morgan fingerprint density at radius 2 is 1.21 bits per heavy atom. The first-order chi connectivity index (χ1) is 16.4. The third-order valence-corrected chi connectivity index (χ3v) is 12.9. The van der Waals surface area contributed by atoms with E-state index in [9.17, 15) is 0 Å². The van der Waals surface area contributed by atoms with Crippen LogP contribution in [0.5, 0.6) is 0 Å². The lowest BCUT2D eigenvalue weighted by Crippen LogP contribution is -2.67. The van der Waals surface area contributed by atoms with Gasteiger partial charge in [-0.15, -0.1) is 0 Å². The molecular formula is C30H37BrO2Si. The average Bonchev–Trinajstić information content (AvgIpc) is 3.20. The Hall–Kier alpha value is -1.72. The van der Waals surface area contributed by atoms with E-state index in [1.54, 1.807) is 0 Å². The summed E-state index contributed by atoms with van der Waals surface area (Å²) in [7, 11) is -2.51. The fourth-order valence-electron chi connectivity index (χ4n) is 5.44. The molecule has 2 nitrogen and oxygen atoms in total. The smallest absolute Gasteiger partial charge is 0.261 e.